The van der Waals surface area contributed by atoms with Gasteiger partial charge in [0.1, 0.15) is 0 Å². The molecule has 2 aromatic carbocycles. The number of hydrogen-bond donors (Lipinski definition) is 1. The zero-order valence-electron chi connectivity index (χ0n) is 14.4. The first-order valence-electron chi connectivity index (χ1n) is 7.26. The first-order valence-corrected chi connectivity index (χ1v) is 7.26. The van der Waals surface area contributed by atoms with Crippen molar-refractivity contribution >= 4 is 11.9 Å². The molecule has 0 amide bonds. The maximum absolute atomic E-state index is 12.0. The van der Waals surface area contributed by atoms with Crippen molar-refractivity contribution in [3.8, 4) is 5.75 Å². The van der Waals surface area contributed by atoms with Gasteiger partial charge < -0.3 is 5.11 Å². The molecule has 0 saturated carbocycles. The smallest absolute Gasteiger partial charge is 0.872 e. The zero-order valence-corrected chi connectivity index (χ0v) is 14.4. The largest absolute Gasteiger partial charge is 1.00 e. The second kappa shape index (κ2) is 7.18. The molecular weight excluding hydrogens is 265 g/mol. The van der Waals surface area contributed by atoms with E-state index in [4.69, 9.17) is 0 Å². The molecule has 0 spiro atoms. The summed E-state index contributed by atoms with van der Waals surface area (Å²) >= 11 is 0. The molecule has 0 aromatic heterocycles. The molecule has 0 saturated heterocycles. The summed E-state index contributed by atoms with van der Waals surface area (Å²) in [6.45, 7) is 10.6. The van der Waals surface area contributed by atoms with E-state index in [1.54, 1.807) is 6.07 Å². The normalized spacial score (nSPS) is 11.5. The topological polar surface area (TPSA) is 37.0 Å². The van der Waals surface area contributed by atoms with E-state index in [1.165, 1.54) is 11.1 Å². The quantitative estimate of drug-likeness (QED) is 0.588. The molecule has 0 unspecified atom stereocenters. The molecule has 1 N–H and O–H groups in total. The summed E-state index contributed by atoms with van der Waals surface area (Å²) in [5, 5.41) is 12.0. The van der Waals surface area contributed by atoms with Gasteiger partial charge in [0, 0.05) is 16.7 Å². The van der Waals surface area contributed by atoms with E-state index < -0.39 is 0 Å². The van der Waals surface area contributed by atoms with E-state index in [0.717, 1.165) is 11.3 Å². The molecule has 0 aliphatic heterocycles. The Kier molecular flexibility index (Phi) is 6.06. The molecule has 2 aromatic rings. The zero-order chi connectivity index (χ0) is 15.6. The van der Waals surface area contributed by atoms with Crippen molar-refractivity contribution in [3.05, 3.63) is 58.7 Å². The van der Waals surface area contributed by atoms with E-state index in [1.807, 2.05) is 24.4 Å². The molecule has 0 heterocycles. The Morgan fingerprint density at radius 3 is 2.14 bits per heavy atom. The summed E-state index contributed by atoms with van der Waals surface area (Å²) < 4.78 is 0. The molecule has 22 heavy (non-hydrogen) atoms. The van der Waals surface area contributed by atoms with Gasteiger partial charge in [-0.15, -0.1) is 0 Å². The minimum absolute atomic E-state index is 0. The third-order valence-corrected chi connectivity index (χ3v) is 3.73. The number of nitrogens with one attached hydrogen (secondary N) is 1. The van der Waals surface area contributed by atoms with Gasteiger partial charge in [0.2, 0.25) is 5.69 Å². The summed E-state index contributed by atoms with van der Waals surface area (Å²) in [6, 6.07) is 11.7. The summed E-state index contributed by atoms with van der Waals surface area (Å²) in [6.07, 6.45) is 1.81. The maximum Gasteiger partial charge on any atom is 1.00 e. The number of para-hydroxylation sites is 1. The van der Waals surface area contributed by atoms with Crippen molar-refractivity contribution in [2.24, 2.45) is 0 Å². The fourth-order valence-corrected chi connectivity index (χ4v) is 2.32. The molecule has 2 nitrogen and oxygen atoms in total. The Morgan fingerprint density at radius 2 is 1.59 bits per heavy atom. The molecule has 0 aliphatic carbocycles. The second-order valence-electron chi connectivity index (χ2n) is 6.56. The standard InChI is InChI=1S/C19H23NO.Li/c1-13-7-6-8-14(2)18(13)20-12-15-11-16(19(3,4)5)9-10-17(15)21;/h6-12,21H,1-5H3;/q;+1. The van der Waals surface area contributed by atoms with Crippen LogP contribution in [0.3, 0.4) is 0 Å². The fraction of sp³-hybridized carbons (Fsp3) is 0.316. The van der Waals surface area contributed by atoms with Crippen LogP contribution in [0.4, 0.5) is 5.69 Å². The molecule has 0 bridgehead atoms. The Labute approximate surface area is 145 Å². The summed E-state index contributed by atoms with van der Waals surface area (Å²) in [7, 11) is 0. The van der Waals surface area contributed by atoms with Crippen LogP contribution in [0.5, 0.6) is 5.75 Å². The number of aryl methyl sites for hydroxylation is 2. The van der Waals surface area contributed by atoms with Gasteiger partial charge in [-0.3, -0.25) is 0 Å². The molecule has 0 fully saturated rings. The van der Waals surface area contributed by atoms with E-state index >= 15 is 0 Å². The van der Waals surface area contributed by atoms with E-state index in [2.05, 4.69) is 51.7 Å². The Balaban J connectivity index is 0.00000242. The summed E-state index contributed by atoms with van der Waals surface area (Å²) in [5.74, 6) is 0.0433. The van der Waals surface area contributed by atoms with Crippen LogP contribution in [0.2, 0.25) is 0 Å². The van der Waals surface area contributed by atoms with Gasteiger partial charge in [0.05, 0.1) is 0 Å². The van der Waals surface area contributed by atoms with Gasteiger partial charge in [-0.25, -0.2) is 4.99 Å². The maximum atomic E-state index is 12.0. The van der Waals surface area contributed by atoms with Crippen molar-refractivity contribution in [1.82, 2.24) is 0 Å². The van der Waals surface area contributed by atoms with Gasteiger partial charge in [-0.05, 0) is 30.9 Å². The Morgan fingerprint density at radius 1 is 1.00 bits per heavy atom. The minimum atomic E-state index is 0. The monoisotopic (exact) mass is 288 g/mol. The van der Waals surface area contributed by atoms with Crippen molar-refractivity contribution in [2.75, 3.05) is 0 Å². The van der Waals surface area contributed by atoms with E-state index in [9.17, 15) is 5.11 Å². The van der Waals surface area contributed by atoms with Crippen LogP contribution in [0.25, 0.3) is 0 Å². The number of rotatable bonds is 2. The Bertz CT molecular complexity index is 664. The van der Waals surface area contributed by atoms with Gasteiger partial charge >= 0.3 is 18.9 Å². The molecular formula is C19H23LiNO+. The average Bonchev–Trinajstić information content (AvgIpc) is 2.38. The summed E-state index contributed by atoms with van der Waals surface area (Å²) in [4.78, 5) is 3.29. The molecule has 110 valence electrons. The average molecular weight is 288 g/mol. The van der Waals surface area contributed by atoms with Crippen molar-refractivity contribution in [1.29, 1.82) is 0 Å². The van der Waals surface area contributed by atoms with Crippen LogP contribution in [0, 0.1) is 13.8 Å². The molecule has 2 rings (SSSR count). The van der Waals surface area contributed by atoms with Crippen LogP contribution in [-0.2, 0) is 5.41 Å². The minimum Gasteiger partial charge on any atom is -0.872 e. The SMILES string of the molecule is Cc1cccc(C)c1[NH+]=Cc1cc(C(C)(C)C)ccc1[O-].[Li+]. The molecule has 0 radical (unpaired) electrons. The van der Waals surface area contributed by atoms with Crippen LogP contribution < -0.4 is 29.0 Å². The number of benzene rings is 2. The van der Waals surface area contributed by atoms with Gasteiger partial charge in [-0.2, -0.15) is 0 Å². The predicted octanol–water partition coefficient (Wildman–Crippen LogP) is -0.490. The molecule has 0 aliphatic rings. The van der Waals surface area contributed by atoms with E-state index in [0.29, 0.717) is 5.56 Å². The van der Waals surface area contributed by atoms with Crippen LogP contribution in [-0.4, -0.2) is 6.21 Å². The van der Waals surface area contributed by atoms with Crippen molar-refractivity contribution < 1.29 is 29.0 Å². The van der Waals surface area contributed by atoms with Crippen molar-refractivity contribution in [3.63, 3.8) is 0 Å². The number of hydrogen-bond acceptors (Lipinski definition) is 1. The molecule has 3 heteroatoms. The summed E-state index contributed by atoms with van der Waals surface area (Å²) in [5.41, 5.74) is 5.31. The fourth-order valence-electron chi connectivity index (χ4n) is 2.32. The third kappa shape index (κ3) is 4.26. The van der Waals surface area contributed by atoms with Crippen LogP contribution >= 0.6 is 0 Å². The van der Waals surface area contributed by atoms with Gasteiger partial charge in [0.25, 0.3) is 0 Å². The Hall–Kier alpha value is -1.49. The van der Waals surface area contributed by atoms with Crippen LogP contribution in [0.1, 0.15) is 43.0 Å². The van der Waals surface area contributed by atoms with Gasteiger partial charge in [0.15, 0.2) is 6.21 Å². The van der Waals surface area contributed by atoms with Crippen molar-refractivity contribution in [2.45, 2.75) is 40.0 Å². The van der Waals surface area contributed by atoms with Crippen LogP contribution in [0.15, 0.2) is 36.4 Å². The van der Waals surface area contributed by atoms with E-state index in [-0.39, 0.29) is 30.0 Å². The first-order chi connectivity index (χ1) is 9.79. The predicted molar refractivity (Wildman–Crippen MR) is 86.3 cm³/mol. The first kappa shape index (κ1) is 18.6. The van der Waals surface area contributed by atoms with Gasteiger partial charge in [-0.1, -0.05) is 56.9 Å². The molecule has 0 atom stereocenters. The third-order valence-electron chi connectivity index (χ3n) is 3.73. The second-order valence-corrected chi connectivity index (χ2v) is 6.56.